The summed E-state index contributed by atoms with van der Waals surface area (Å²) < 4.78 is 6.28. The van der Waals surface area contributed by atoms with Crippen LogP contribution in [0.4, 0.5) is 0 Å². The monoisotopic (exact) mass is 341 g/mol. The lowest BCUT2D eigenvalue weighted by atomic mass is 10.0. The van der Waals surface area contributed by atoms with Crippen LogP contribution in [0.15, 0.2) is 30.3 Å². The molecule has 0 bridgehead atoms. The van der Waals surface area contributed by atoms with Crippen molar-refractivity contribution in [3.63, 3.8) is 0 Å². The Balaban J connectivity index is 1.86. The van der Waals surface area contributed by atoms with Crippen molar-refractivity contribution in [3.05, 3.63) is 52.8 Å². The van der Waals surface area contributed by atoms with Gasteiger partial charge < -0.3 is 9.64 Å². The topological polar surface area (TPSA) is 58.2 Å². The largest absolute Gasteiger partial charge is 0.366 e. The molecule has 1 aromatic carbocycles. The van der Waals surface area contributed by atoms with Crippen molar-refractivity contribution < 1.29 is 9.53 Å². The fourth-order valence-corrected chi connectivity index (χ4v) is 3.31. The van der Waals surface area contributed by atoms with Crippen molar-refractivity contribution in [2.75, 3.05) is 13.1 Å². The first-order valence-electron chi connectivity index (χ1n) is 9.04. The number of nitrogens with one attached hydrogen (secondary N) is 1. The van der Waals surface area contributed by atoms with Gasteiger partial charge in [0.1, 0.15) is 6.10 Å². The minimum absolute atomic E-state index is 0.0108. The average Bonchev–Trinajstić information content (AvgIpc) is 3.02. The summed E-state index contributed by atoms with van der Waals surface area (Å²) in [6.45, 7) is 9.45. The number of hydrogen-bond acceptors (Lipinski definition) is 3. The van der Waals surface area contributed by atoms with E-state index in [1.165, 1.54) is 0 Å². The number of morpholine rings is 1. The predicted octanol–water partition coefficient (Wildman–Crippen LogP) is 3.52. The molecule has 0 saturated carbocycles. The average molecular weight is 341 g/mol. The van der Waals surface area contributed by atoms with E-state index < -0.39 is 0 Å². The molecule has 1 aliphatic rings. The third kappa shape index (κ3) is 3.61. The molecule has 5 heteroatoms. The number of ether oxygens (including phenoxy) is 1. The predicted molar refractivity (Wildman–Crippen MR) is 97.5 cm³/mol. The zero-order valence-corrected chi connectivity index (χ0v) is 15.5. The summed E-state index contributed by atoms with van der Waals surface area (Å²) in [6, 6.07) is 10.1. The van der Waals surface area contributed by atoms with Crippen LogP contribution in [0.1, 0.15) is 54.2 Å². The third-order valence-electron chi connectivity index (χ3n) is 4.99. The zero-order chi connectivity index (χ0) is 18.0. The molecule has 1 amide bonds. The Bertz CT molecular complexity index is 724. The van der Waals surface area contributed by atoms with Gasteiger partial charge in [-0.2, -0.15) is 5.10 Å². The Morgan fingerprint density at radius 2 is 2.04 bits per heavy atom. The molecule has 3 rings (SSSR count). The molecular weight excluding hydrogens is 314 g/mol. The lowest BCUT2D eigenvalue weighted by molar-refractivity contribution is -0.0955. The Morgan fingerprint density at radius 1 is 1.32 bits per heavy atom. The number of carbonyl (C=O) groups excluding carboxylic acids is 1. The molecule has 1 aliphatic heterocycles. The van der Waals surface area contributed by atoms with Crippen LogP contribution in [-0.2, 0) is 11.2 Å². The van der Waals surface area contributed by atoms with Gasteiger partial charge in [0.25, 0.3) is 5.91 Å². The maximum absolute atomic E-state index is 13.1. The van der Waals surface area contributed by atoms with Crippen molar-refractivity contribution in [2.45, 2.75) is 46.3 Å². The van der Waals surface area contributed by atoms with E-state index in [1.54, 1.807) is 0 Å². The minimum atomic E-state index is -0.101. The Kier molecular flexibility index (Phi) is 5.23. The highest BCUT2D eigenvalue weighted by atomic mass is 16.5. The van der Waals surface area contributed by atoms with Gasteiger partial charge in [0.15, 0.2) is 5.69 Å². The van der Waals surface area contributed by atoms with Gasteiger partial charge in [0, 0.05) is 17.8 Å². The van der Waals surface area contributed by atoms with Crippen LogP contribution < -0.4 is 0 Å². The highest BCUT2D eigenvalue weighted by molar-refractivity contribution is 5.94. The van der Waals surface area contributed by atoms with E-state index in [0.717, 1.165) is 23.2 Å². The molecule has 134 valence electrons. The number of hydrogen-bond donors (Lipinski definition) is 1. The number of aromatic nitrogens is 2. The first kappa shape index (κ1) is 17.7. The number of H-pyrrole nitrogens is 1. The van der Waals surface area contributed by atoms with E-state index in [-0.39, 0.29) is 18.1 Å². The number of benzene rings is 1. The Labute approximate surface area is 149 Å². The van der Waals surface area contributed by atoms with Gasteiger partial charge in [0.2, 0.25) is 0 Å². The van der Waals surface area contributed by atoms with Crippen LogP contribution in [0.5, 0.6) is 0 Å². The Hall–Kier alpha value is -2.14. The lowest BCUT2D eigenvalue weighted by Crippen LogP contribution is -2.48. The summed E-state index contributed by atoms with van der Waals surface area (Å²) >= 11 is 0. The van der Waals surface area contributed by atoms with Gasteiger partial charge >= 0.3 is 0 Å². The SMILES string of the molecule is CCc1[nH]nc(C(=O)N2C[C@@H](c3ccccc3)O[C@@H](C(C)C)C2)c1C. The third-order valence-corrected chi connectivity index (χ3v) is 4.99. The molecule has 5 nitrogen and oxygen atoms in total. The number of nitrogens with zero attached hydrogens (tertiary/aromatic N) is 2. The van der Waals surface area contributed by atoms with Crippen LogP contribution in [-0.4, -0.2) is 40.2 Å². The number of aryl methyl sites for hydroxylation is 1. The summed E-state index contributed by atoms with van der Waals surface area (Å²) in [5.74, 6) is 0.330. The van der Waals surface area contributed by atoms with Gasteiger partial charge in [-0.25, -0.2) is 0 Å². The molecule has 0 unspecified atom stereocenters. The lowest BCUT2D eigenvalue weighted by Gasteiger charge is -2.39. The first-order valence-corrected chi connectivity index (χ1v) is 9.04. The van der Waals surface area contributed by atoms with E-state index in [2.05, 4.69) is 43.1 Å². The molecule has 2 heterocycles. The summed E-state index contributed by atoms with van der Waals surface area (Å²) in [5.41, 5.74) is 3.62. The van der Waals surface area contributed by atoms with Crippen LogP contribution in [0.25, 0.3) is 0 Å². The van der Waals surface area contributed by atoms with Gasteiger partial charge in [-0.15, -0.1) is 0 Å². The maximum Gasteiger partial charge on any atom is 0.274 e. The molecule has 0 radical (unpaired) electrons. The van der Waals surface area contributed by atoms with Crippen LogP contribution in [0.3, 0.4) is 0 Å². The van der Waals surface area contributed by atoms with Crippen LogP contribution in [0.2, 0.25) is 0 Å². The molecule has 0 aliphatic carbocycles. The normalized spacial score (nSPS) is 20.9. The minimum Gasteiger partial charge on any atom is -0.366 e. The van der Waals surface area contributed by atoms with Crippen molar-refractivity contribution >= 4 is 5.91 Å². The second kappa shape index (κ2) is 7.40. The molecule has 2 atom stereocenters. The quantitative estimate of drug-likeness (QED) is 0.926. The second-order valence-corrected chi connectivity index (χ2v) is 7.06. The molecular formula is C20H27N3O2. The fourth-order valence-electron chi connectivity index (χ4n) is 3.31. The molecule has 1 N–H and O–H groups in total. The van der Waals surface area contributed by atoms with Crippen LogP contribution in [0, 0.1) is 12.8 Å². The van der Waals surface area contributed by atoms with Crippen molar-refractivity contribution in [1.82, 2.24) is 15.1 Å². The highest BCUT2D eigenvalue weighted by Crippen LogP contribution is 2.29. The Morgan fingerprint density at radius 3 is 2.64 bits per heavy atom. The van der Waals surface area contributed by atoms with Gasteiger partial charge in [0.05, 0.1) is 12.6 Å². The van der Waals surface area contributed by atoms with Gasteiger partial charge in [-0.05, 0) is 24.8 Å². The van der Waals surface area contributed by atoms with E-state index in [9.17, 15) is 4.79 Å². The molecule has 1 fully saturated rings. The zero-order valence-electron chi connectivity index (χ0n) is 15.5. The van der Waals surface area contributed by atoms with Gasteiger partial charge in [-0.3, -0.25) is 9.89 Å². The molecule has 25 heavy (non-hydrogen) atoms. The van der Waals surface area contributed by atoms with Crippen molar-refractivity contribution in [2.24, 2.45) is 5.92 Å². The number of rotatable bonds is 4. The summed E-state index contributed by atoms with van der Waals surface area (Å²) in [7, 11) is 0. The van der Waals surface area contributed by atoms with Gasteiger partial charge in [-0.1, -0.05) is 51.1 Å². The maximum atomic E-state index is 13.1. The smallest absolute Gasteiger partial charge is 0.274 e. The van der Waals surface area contributed by atoms with Crippen molar-refractivity contribution in [3.8, 4) is 0 Å². The second-order valence-electron chi connectivity index (χ2n) is 7.06. The van der Waals surface area contributed by atoms with E-state index >= 15 is 0 Å². The number of aromatic amines is 1. The van der Waals surface area contributed by atoms with Crippen LogP contribution >= 0.6 is 0 Å². The summed E-state index contributed by atoms with van der Waals surface area (Å²) in [4.78, 5) is 15.0. The number of carbonyl (C=O) groups is 1. The molecule has 1 aromatic heterocycles. The van der Waals surface area contributed by atoms with E-state index in [1.807, 2.05) is 30.0 Å². The van der Waals surface area contributed by atoms with E-state index in [4.69, 9.17) is 4.74 Å². The van der Waals surface area contributed by atoms with Crippen molar-refractivity contribution in [1.29, 1.82) is 0 Å². The fraction of sp³-hybridized carbons (Fsp3) is 0.500. The molecule has 0 spiro atoms. The number of amides is 1. The molecule has 1 saturated heterocycles. The van der Waals surface area contributed by atoms with E-state index in [0.29, 0.717) is 24.7 Å². The molecule has 2 aromatic rings. The highest BCUT2D eigenvalue weighted by Gasteiger charge is 2.34. The summed E-state index contributed by atoms with van der Waals surface area (Å²) in [6.07, 6.45) is 0.764. The standard InChI is InChI=1S/C20H27N3O2/c1-5-16-14(4)19(22-21-16)20(24)23-11-17(13(2)3)25-18(12-23)15-9-7-6-8-10-15/h6-10,13,17-18H,5,11-12H2,1-4H3,(H,21,22)/t17-,18+/m1/s1. The first-order chi connectivity index (χ1) is 12.0. The summed E-state index contributed by atoms with van der Waals surface area (Å²) in [5, 5.41) is 7.26.